The Kier molecular flexibility index (Phi) is 3.97. The molecule has 0 heterocycles. The number of halogens is 2. The molecule has 0 bridgehead atoms. The number of hydrogen-bond donors (Lipinski definition) is 1. The average molecular weight is 211 g/mol. The van der Waals surface area contributed by atoms with Crippen molar-refractivity contribution in [1.82, 2.24) is 5.32 Å². The molecule has 0 aliphatic heterocycles. The maximum atomic E-state index is 13.3. The number of benzene rings is 1. The third-order valence-electron chi connectivity index (χ3n) is 2.46. The molecule has 0 saturated heterocycles. The summed E-state index contributed by atoms with van der Waals surface area (Å²) in [5.74, 6) is -0.827. The highest BCUT2D eigenvalue weighted by Crippen LogP contribution is 2.14. The van der Waals surface area contributed by atoms with E-state index in [4.69, 9.17) is 0 Å². The molecule has 1 aromatic carbocycles. The third kappa shape index (κ3) is 3.13. The molecule has 0 fully saturated rings. The molecule has 15 heavy (non-hydrogen) atoms. The molecule has 0 aromatic heterocycles. The molecule has 1 N–H and O–H groups in total. The second-order valence-electron chi connectivity index (χ2n) is 3.56. The van der Waals surface area contributed by atoms with E-state index in [1.54, 1.807) is 6.08 Å². The van der Waals surface area contributed by atoms with Crippen molar-refractivity contribution in [3.8, 4) is 0 Å². The lowest BCUT2D eigenvalue weighted by molar-refractivity contribution is 0.597. The van der Waals surface area contributed by atoms with Gasteiger partial charge in [-0.05, 0) is 39.1 Å². The van der Waals surface area contributed by atoms with Crippen LogP contribution in [0.15, 0.2) is 23.8 Å². The Morgan fingerprint density at radius 2 is 2.07 bits per heavy atom. The van der Waals surface area contributed by atoms with Crippen molar-refractivity contribution in [2.45, 2.75) is 19.9 Å². The van der Waals surface area contributed by atoms with E-state index in [-0.39, 0.29) is 11.6 Å². The molecule has 0 radical (unpaired) electrons. The Bertz CT molecular complexity index is 372. The Balaban J connectivity index is 3.01. The summed E-state index contributed by atoms with van der Waals surface area (Å²) >= 11 is 0. The number of rotatable bonds is 3. The Hall–Kier alpha value is -1.22. The summed E-state index contributed by atoms with van der Waals surface area (Å²) in [5.41, 5.74) is 1.25. The van der Waals surface area contributed by atoms with Gasteiger partial charge in [0.25, 0.3) is 0 Å². The van der Waals surface area contributed by atoms with Crippen LogP contribution in [0, 0.1) is 11.6 Å². The zero-order chi connectivity index (χ0) is 11.4. The lowest BCUT2D eigenvalue weighted by atomic mass is 10.1. The zero-order valence-electron chi connectivity index (χ0n) is 9.14. The van der Waals surface area contributed by atoms with E-state index in [9.17, 15) is 8.78 Å². The van der Waals surface area contributed by atoms with Crippen molar-refractivity contribution in [3.63, 3.8) is 0 Å². The maximum Gasteiger partial charge on any atom is 0.130 e. The topological polar surface area (TPSA) is 12.0 Å². The molecule has 1 atom stereocenters. The minimum Gasteiger partial charge on any atom is -0.314 e. The normalized spacial score (nSPS) is 14.1. The minimum atomic E-state index is -0.424. The van der Waals surface area contributed by atoms with Crippen LogP contribution in [0.25, 0.3) is 6.08 Å². The van der Waals surface area contributed by atoms with Crippen molar-refractivity contribution in [2.75, 3.05) is 7.05 Å². The van der Waals surface area contributed by atoms with Crippen LogP contribution >= 0.6 is 0 Å². The van der Waals surface area contributed by atoms with Crippen molar-refractivity contribution < 1.29 is 8.78 Å². The number of likely N-dealkylation sites (N-methyl/N-ethyl adjacent to an activating group) is 1. The van der Waals surface area contributed by atoms with E-state index < -0.39 is 11.6 Å². The molecule has 82 valence electrons. The van der Waals surface area contributed by atoms with Crippen LogP contribution in [-0.2, 0) is 0 Å². The minimum absolute atomic E-state index is 0.146. The van der Waals surface area contributed by atoms with Gasteiger partial charge in [0.1, 0.15) is 11.6 Å². The summed E-state index contributed by atoms with van der Waals surface area (Å²) < 4.78 is 26.1. The maximum absolute atomic E-state index is 13.3. The molecular weight excluding hydrogens is 196 g/mol. The fourth-order valence-electron chi connectivity index (χ4n) is 1.22. The highest BCUT2D eigenvalue weighted by molar-refractivity contribution is 5.54. The van der Waals surface area contributed by atoms with Gasteiger partial charge in [0.15, 0.2) is 0 Å². The summed E-state index contributed by atoms with van der Waals surface area (Å²) in [6.07, 6.45) is 1.65. The second-order valence-corrected chi connectivity index (χ2v) is 3.56. The Labute approximate surface area is 88.8 Å². The molecule has 3 heteroatoms. The van der Waals surface area contributed by atoms with E-state index in [1.807, 2.05) is 20.9 Å². The van der Waals surface area contributed by atoms with Crippen molar-refractivity contribution in [2.24, 2.45) is 0 Å². The lowest BCUT2D eigenvalue weighted by Crippen LogP contribution is -2.22. The van der Waals surface area contributed by atoms with Crippen LogP contribution in [0.2, 0.25) is 0 Å². The molecule has 1 unspecified atom stereocenters. The van der Waals surface area contributed by atoms with Gasteiger partial charge in [-0.25, -0.2) is 8.78 Å². The number of nitrogens with one attached hydrogen (secondary N) is 1. The van der Waals surface area contributed by atoms with Crippen LogP contribution in [-0.4, -0.2) is 13.1 Å². The third-order valence-corrected chi connectivity index (χ3v) is 2.46. The Morgan fingerprint density at radius 3 is 2.67 bits per heavy atom. The van der Waals surface area contributed by atoms with Gasteiger partial charge in [0, 0.05) is 11.6 Å². The zero-order valence-corrected chi connectivity index (χ0v) is 9.14. The molecule has 0 aliphatic carbocycles. The molecule has 1 rings (SSSR count). The largest absolute Gasteiger partial charge is 0.314 e. The van der Waals surface area contributed by atoms with Gasteiger partial charge in [-0.2, -0.15) is 0 Å². The predicted octanol–water partition coefficient (Wildman–Crippen LogP) is 2.98. The van der Waals surface area contributed by atoms with Gasteiger partial charge in [-0.1, -0.05) is 11.6 Å². The van der Waals surface area contributed by atoms with Crippen molar-refractivity contribution >= 4 is 6.08 Å². The second kappa shape index (κ2) is 5.03. The number of hydrogen-bond acceptors (Lipinski definition) is 1. The lowest BCUT2D eigenvalue weighted by Gasteiger charge is -2.10. The summed E-state index contributed by atoms with van der Waals surface area (Å²) in [7, 11) is 1.82. The first-order valence-corrected chi connectivity index (χ1v) is 4.85. The summed E-state index contributed by atoms with van der Waals surface area (Å²) in [5, 5.41) is 3.03. The highest BCUT2D eigenvalue weighted by Gasteiger charge is 2.04. The van der Waals surface area contributed by atoms with E-state index in [0.29, 0.717) is 0 Å². The summed E-state index contributed by atoms with van der Waals surface area (Å²) in [4.78, 5) is 0. The van der Waals surface area contributed by atoms with Gasteiger partial charge in [-0.3, -0.25) is 0 Å². The molecule has 0 amide bonds. The van der Waals surface area contributed by atoms with E-state index in [2.05, 4.69) is 5.32 Å². The molecule has 0 saturated carbocycles. The fourth-order valence-corrected chi connectivity index (χ4v) is 1.22. The smallest absolute Gasteiger partial charge is 0.130 e. The predicted molar refractivity (Wildman–Crippen MR) is 58.5 cm³/mol. The monoisotopic (exact) mass is 211 g/mol. The van der Waals surface area contributed by atoms with Gasteiger partial charge < -0.3 is 5.32 Å². The van der Waals surface area contributed by atoms with E-state index >= 15 is 0 Å². The SMILES string of the molecule is CNC(C)/C(C)=C/c1cc(F)ccc1F. The first-order valence-electron chi connectivity index (χ1n) is 4.85. The fraction of sp³-hybridized carbons (Fsp3) is 0.333. The van der Waals surface area contributed by atoms with E-state index in [1.165, 1.54) is 6.07 Å². The first-order chi connectivity index (χ1) is 7.04. The van der Waals surface area contributed by atoms with E-state index in [0.717, 1.165) is 17.7 Å². The van der Waals surface area contributed by atoms with Crippen LogP contribution in [0.3, 0.4) is 0 Å². The summed E-state index contributed by atoms with van der Waals surface area (Å²) in [6, 6.07) is 3.59. The average Bonchev–Trinajstić information content (AvgIpc) is 2.22. The molecular formula is C12H15F2N. The molecule has 1 nitrogen and oxygen atoms in total. The molecule has 0 aliphatic rings. The summed E-state index contributed by atoms with van der Waals surface area (Å²) in [6.45, 7) is 3.84. The van der Waals surface area contributed by atoms with Crippen LogP contribution < -0.4 is 5.32 Å². The first kappa shape index (κ1) is 11.9. The standard InChI is InChI=1S/C12H15F2N/c1-8(9(2)15-3)6-10-7-11(13)4-5-12(10)14/h4-7,9,15H,1-3H3/b8-6+. The van der Waals surface area contributed by atoms with Gasteiger partial charge in [0.2, 0.25) is 0 Å². The molecule has 1 aromatic rings. The highest BCUT2D eigenvalue weighted by atomic mass is 19.1. The quantitative estimate of drug-likeness (QED) is 0.810. The van der Waals surface area contributed by atoms with Gasteiger partial charge >= 0.3 is 0 Å². The van der Waals surface area contributed by atoms with Crippen molar-refractivity contribution in [3.05, 3.63) is 41.0 Å². The Morgan fingerprint density at radius 1 is 1.40 bits per heavy atom. The van der Waals surface area contributed by atoms with Crippen molar-refractivity contribution in [1.29, 1.82) is 0 Å². The van der Waals surface area contributed by atoms with Gasteiger partial charge in [0.05, 0.1) is 0 Å². The van der Waals surface area contributed by atoms with Crippen LogP contribution in [0.4, 0.5) is 8.78 Å². The van der Waals surface area contributed by atoms with Crippen LogP contribution in [0.5, 0.6) is 0 Å². The van der Waals surface area contributed by atoms with Gasteiger partial charge in [-0.15, -0.1) is 0 Å². The molecule has 0 spiro atoms. The van der Waals surface area contributed by atoms with Crippen LogP contribution in [0.1, 0.15) is 19.4 Å².